The maximum Gasteiger partial charge on any atom is 0.394 e. The van der Waals surface area contributed by atoms with Gasteiger partial charge in [-0.1, -0.05) is 0 Å². The Morgan fingerprint density at radius 1 is 1.39 bits per heavy atom. The number of ether oxygens (including phenoxy) is 1. The zero-order valence-electron chi connectivity index (χ0n) is 12.7. The number of nitrogens with one attached hydrogen (secondary N) is 1. The molecule has 0 radical (unpaired) electrons. The fourth-order valence-corrected chi connectivity index (χ4v) is 2.77. The lowest BCUT2D eigenvalue weighted by atomic mass is 9.93. The van der Waals surface area contributed by atoms with Crippen molar-refractivity contribution >= 4 is 29.2 Å². The molecule has 126 valence electrons. The average molecular weight is 342 g/mol. The van der Waals surface area contributed by atoms with Crippen LogP contribution >= 0.6 is 12.4 Å². The highest BCUT2D eigenvalue weighted by molar-refractivity contribution is 5.85. The number of hydrogen-bond acceptors (Lipinski definition) is 6. The number of nitro benzene ring substituents is 1. The van der Waals surface area contributed by atoms with Crippen LogP contribution in [0.1, 0.15) is 25.7 Å². The third kappa shape index (κ3) is 4.56. The number of fused-ring (bicyclic) bond motifs is 1. The Bertz CT molecular complexity index is 655. The predicted molar refractivity (Wildman–Crippen MR) is 88.2 cm³/mol. The van der Waals surface area contributed by atoms with Crippen molar-refractivity contribution in [1.29, 1.82) is 0 Å². The summed E-state index contributed by atoms with van der Waals surface area (Å²) in [6.45, 7) is 2.77. The maximum atomic E-state index is 10.7. The summed E-state index contributed by atoms with van der Waals surface area (Å²) in [7, 11) is 0. The number of oxazole rings is 1. The van der Waals surface area contributed by atoms with Crippen LogP contribution in [0.2, 0.25) is 0 Å². The third-order valence-corrected chi connectivity index (χ3v) is 4.00. The van der Waals surface area contributed by atoms with Gasteiger partial charge >= 0.3 is 6.08 Å². The van der Waals surface area contributed by atoms with Crippen LogP contribution in [0, 0.1) is 16.0 Å². The molecule has 0 saturated carbocycles. The van der Waals surface area contributed by atoms with Crippen LogP contribution in [-0.4, -0.2) is 29.6 Å². The summed E-state index contributed by atoms with van der Waals surface area (Å²) in [6, 6.07) is 4.33. The maximum absolute atomic E-state index is 10.7. The van der Waals surface area contributed by atoms with Crippen LogP contribution in [-0.2, 0) is 0 Å². The van der Waals surface area contributed by atoms with Gasteiger partial charge in [0.2, 0.25) is 0 Å². The third-order valence-electron chi connectivity index (χ3n) is 4.00. The van der Waals surface area contributed by atoms with Crippen molar-refractivity contribution in [2.24, 2.45) is 5.92 Å². The standard InChI is InChI=1S/C15H19N3O4.ClH/c19-18(20)12-3-4-14-13(10-12)17-15(22-14)21-9-1-2-11-5-7-16-8-6-11;/h3-4,10-11,16H,1-2,5-9H2;1H. The molecule has 1 aromatic heterocycles. The van der Waals surface area contributed by atoms with E-state index in [1.807, 2.05) is 0 Å². The molecule has 23 heavy (non-hydrogen) atoms. The first-order valence-corrected chi connectivity index (χ1v) is 7.61. The minimum Gasteiger partial charge on any atom is -0.450 e. The van der Waals surface area contributed by atoms with Crippen LogP contribution in [0.5, 0.6) is 6.08 Å². The molecule has 0 bridgehead atoms. The van der Waals surface area contributed by atoms with Crippen molar-refractivity contribution in [1.82, 2.24) is 10.3 Å². The van der Waals surface area contributed by atoms with Crippen molar-refractivity contribution in [2.75, 3.05) is 19.7 Å². The molecule has 1 fully saturated rings. The van der Waals surface area contributed by atoms with Gasteiger partial charge in [0.15, 0.2) is 5.58 Å². The molecule has 8 heteroatoms. The van der Waals surface area contributed by atoms with Crippen LogP contribution in [0.25, 0.3) is 11.1 Å². The second-order valence-electron chi connectivity index (χ2n) is 5.57. The molecule has 0 spiro atoms. The largest absolute Gasteiger partial charge is 0.450 e. The van der Waals surface area contributed by atoms with E-state index in [2.05, 4.69) is 10.3 Å². The summed E-state index contributed by atoms with van der Waals surface area (Å²) < 4.78 is 10.9. The van der Waals surface area contributed by atoms with E-state index < -0.39 is 4.92 Å². The number of hydrogen-bond donors (Lipinski definition) is 1. The van der Waals surface area contributed by atoms with Gasteiger partial charge in [-0.2, -0.15) is 4.98 Å². The Balaban J connectivity index is 0.00000192. The normalized spacial score (nSPS) is 15.3. The Hall–Kier alpha value is -1.86. The van der Waals surface area contributed by atoms with Gasteiger partial charge in [0.1, 0.15) is 5.52 Å². The van der Waals surface area contributed by atoms with Crippen molar-refractivity contribution < 1.29 is 14.1 Å². The highest BCUT2D eigenvalue weighted by Gasteiger charge is 2.14. The molecular weight excluding hydrogens is 322 g/mol. The SMILES string of the molecule is Cl.O=[N+]([O-])c1ccc2oc(OCCCC3CCNCC3)nc2c1. The molecule has 0 unspecified atom stereocenters. The van der Waals surface area contributed by atoms with Crippen LogP contribution in [0.3, 0.4) is 0 Å². The molecule has 0 aliphatic carbocycles. The quantitative estimate of drug-likeness (QED) is 0.492. The van der Waals surface area contributed by atoms with Gasteiger partial charge in [0.25, 0.3) is 5.69 Å². The van der Waals surface area contributed by atoms with E-state index in [-0.39, 0.29) is 24.2 Å². The van der Waals surface area contributed by atoms with E-state index in [1.54, 1.807) is 6.07 Å². The van der Waals surface area contributed by atoms with Gasteiger partial charge in [-0.05, 0) is 50.8 Å². The summed E-state index contributed by atoms with van der Waals surface area (Å²) in [5.41, 5.74) is 0.944. The van der Waals surface area contributed by atoms with E-state index in [0.29, 0.717) is 17.7 Å². The lowest BCUT2D eigenvalue weighted by Crippen LogP contribution is -2.27. The number of aromatic nitrogens is 1. The number of non-ortho nitro benzene ring substituents is 1. The van der Waals surface area contributed by atoms with Crippen molar-refractivity contribution in [3.63, 3.8) is 0 Å². The molecule has 1 aromatic carbocycles. The Kier molecular flexibility index (Phi) is 6.18. The Morgan fingerprint density at radius 3 is 2.91 bits per heavy atom. The molecule has 1 aliphatic heterocycles. The molecule has 1 saturated heterocycles. The number of rotatable bonds is 6. The van der Waals surface area contributed by atoms with Gasteiger partial charge in [0, 0.05) is 12.1 Å². The number of halogens is 1. The lowest BCUT2D eigenvalue weighted by Gasteiger charge is -2.22. The van der Waals surface area contributed by atoms with E-state index in [1.165, 1.54) is 25.0 Å². The zero-order valence-corrected chi connectivity index (χ0v) is 13.5. The van der Waals surface area contributed by atoms with Crippen LogP contribution in [0.15, 0.2) is 22.6 Å². The van der Waals surface area contributed by atoms with Crippen LogP contribution in [0.4, 0.5) is 5.69 Å². The lowest BCUT2D eigenvalue weighted by molar-refractivity contribution is -0.384. The second kappa shape index (κ2) is 8.12. The van der Waals surface area contributed by atoms with E-state index >= 15 is 0 Å². The Morgan fingerprint density at radius 2 is 2.17 bits per heavy atom. The summed E-state index contributed by atoms with van der Waals surface area (Å²) >= 11 is 0. The molecule has 3 rings (SSSR count). The van der Waals surface area contributed by atoms with E-state index in [4.69, 9.17) is 9.15 Å². The minimum atomic E-state index is -0.451. The van der Waals surface area contributed by atoms with E-state index in [0.717, 1.165) is 31.8 Å². The first kappa shape index (κ1) is 17.5. The molecule has 2 heterocycles. The fourth-order valence-electron chi connectivity index (χ4n) is 2.77. The summed E-state index contributed by atoms with van der Waals surface area (Å²) in [6.07, 6.45) is 4.75. The minimum absolute atomic E-state index is 0. The summed E-state index contributed by atoms with van der Waals surface area (Å²) in [5, 5.41) is 14.1. The predicted octanol–water partition coefficient (Wildman–Crippen LogP) is 3.32. The summed E-state index contributed by atoms with van der Waals surface area (Å²) in [5.74, 6) is 0.774. The smallest absolute Gasteiger partial charge is 0.394 e. The average Bonchev–Trinajstić information content (AvgIpc) is 2.94. The molecule has 0 amide bonds. The number of nitro groups is 1. The van der Waals surface area contributed by atoms with E-state index in [9.17, 15) is 10.1 Å². The topological polar surface area (TPSA) is 90.4 Å². The number of piperidine rings is 1. The van der Waals surface area contributed by atoms with Gasteiger partial charge in [0.05, 0.1) is 11.5 Å². The van der Waals surface area contributed by atoms with Crippen LogP contribution < -0.4 is 10.1 Å². The first-order valence-electron chi connectivity index (χ1n) is 7.61. The van der Waals surface area contributed by atoms with Crippen molar-refractivity contribution in [3.05, 3.63) is 28.3 Å². The number of nitrogens with zero attached hydrogens (tertiary/aromatic N) is 2. The van der Waals surface area contributed by atoms with Gasteiger partial charge < -0.3 is 14.5 Å². The van der Waals surface area contributed by atoms with Crippen molar-refractivity contribution in [2.45, 2.75) is 25.7 Å². The molecule has 1 N–H and O–H groups in total. The molecular formula is C15H20ClN3O4. The number of benzene rings is 1. The first-order chi connectivity index (χ1) is 10.7. The fraction of sp³-hybridized carbons (Fsp3) is 0.533. The summed E-state index contributed by atoms with van der Waals surface area (Å²) in [4.78, 5) is 14.4. The van der Waals surface area contributed by atoms with Gasteiger partial charge in [-0.25, -0.2) is 0 Å². The zero-order chi connectivity index (χ0) is 15.4. The monoisotopic (exact) mass is 341 g/mol. The second-order valence-corrected chi connectivity index (χ2v) is 5.57. The molecule has 2 aromatic rings. The highest BCUT2D eigenvalue weighted by atomic mass is 35.5. The molecule has 7 nitrogen and oxygen atoms in total. The van der Waals surface area contributed by atoms with Gasteiger partial charge in [-0.15, -0.1) is 12.4 Å². The molecule has 0 atom stereocenters. The Labute approximate surface area is 140 Å². The van der Waals surface area contributed by atoms with Crippen molar-refractivity contribution in [3.8, 4) is 6.08 Å². The van der Waals surface area contributed by atoms with Gasteiger partial charge in [-0.3, -0.25) is 10.1 Å². The molecule has 1 aliphatic rings. The highest BCUT2D eigenvalue weighted by Crippen LogP contribution is 2.25.